The first-order valence-electron chi connectivity index (χ1n) is 3.36. The third-order valence-electron chi connectivity index (χ3n) is 0.972. The molecule has 0 aromatic heterocycles. The molecule has 0 bridgehead atoms. The molecule has 0 aromatic carbocycles. The highest BCUT2D eigenvalue weighted by atomic mass is 32.2. The SMILES string of the molecule is CCCCCSOC(N)=O. The molecule has 0 aliphatic carbocycles. The quantitative estimate of drug-likeness (QED) is 0.497. The standard InChI is InChI=1S/C6H13NO2S/c1-2-3-4-5-10-9-6(7)8/h2-5H2,1H3,(H2,7,8). The van der Waals surface area contributed by atoms with E-state index in [0.717, 1.165) is 24.2 Å². The van der Waals surface area contributed by atoms with E-state index in [1.165, 1.54) is 12.8 Å². The van der Waals surface area contributed by atoms with Crippen LogP contribution in [-0.2, 0) is 4.18 Å². The second-order valence-corrected chi connectivity index (χ2v) is 2.74. The number of carbonyl (C=O) groups excluding carboxylic acids is 1. The van der Waals surface area contributed by atoms with Gasteiger partial charge in [0.15, 0.2) is 0 Å². The van der Waals surface area contributed by atoms with Gasteiger partial charge in [0.2, 0.25) is 0 Å². The minimum absolute atomic E-state index is 0.707. The third-order valence-corrected chi connectivity index (χ3v) is 1.71. The Labute approximate surface area is 65.5 Å². The van der Waals surface area contributed by atoms with Crippen LogP contribution in [0.2, 0.25) is 0 Å². The van der Waals surface area contributed by atoms with E-state index in [0.29, 0.717) is 0 Å². The molecule has 0 aromatic rings. The lowest BCUT2D eigenvalue weighted by Gasteiger charge is -1.96. The van der Waals surface area contributed by atoms with E-state index in [1.807, 2.05) is 0 Å². The van der Waals surface area contributed by atoms with Crippen molar-refractivity contribution >= 4 is 18.1 Å². The van der Waals surface area contributed by atoms with Crippen molar-refractivity contribution in [1.82, 2.24) is 0 Å². The van der Waals surface area contributed by atoms with E-state index in [9.17, 15) is 4.79 Å². The van der Waals surface area contributed by atoms with E-state index in [4.69, 9.17) is 5.73 Å². The van der Waals surface area contributed by atoms with Gasteiger partial charge in [-0.3, -0.25) is 0 Å². The van der Waals surface area contributed by atoms with Gasteiger partial charge in [-0.25, -0.2) is 4.79 Å². The third kappa shape index (κ3) is 7.62. The van der Waals surface area contributed by atoms with Crippen LogP contribution in [0.1, 0.15) is 26.2 Å². The molecule has 0 radical (unpaired) electrons. The number of amides is 1. The van der Waals surface area contributed by atoms with Crippen LogP contribution in [0.5, 0.6) is 0 Å². The highest BCUT2D eigenvalue weighted by Gasteiger charge is 1.93. The number of carbonyl (C=O) groups is 1. The Balaban J connectivity index is 2.84. The predicted octanol–water partition coefficient (Wildman–Crippen LogP) is 1.92. The topological polar surface area (TPSA) is 52.3 Å². The Morgan fingerprint density at radius 2 is 2.30 bits per heavy atom. The fraction of sp³-hybridized carbons (Fsp3) is 0.833. The molecule has 0 spiro atoms. The Kier molecular flexibility index (Phi) is 6.48. The summed E-state index contributed by atoms with van der Waals surface area (Å²) in [7, 11) is 0. The van der Waals surface area contributed by atoms with Crippen LogP contribution < -0.4 is 5.73 Å². The molecule has 1 amide bonds. The summed E-state index contributed by atoms with van der Waals surface area (Å²) in [6.45, 7) is 2.12. The molecule has 3 nitrogen and oxygen atoms in total. The second-order valence-electron chi connectivity index (χ2n) is 1.93. The van der Waals surface area contributed by atoms with Crippen LogP contribution >= 0.6 is 12.0 Å². The van der Waals surface area contributed by atoms with Gasteiger partial charge in [0.05, 0.1) is 12.0 Å². The van der Waals surface area contributed by atoms with Gasteiger partial charge in [-0.2, -0.15) is 0 Å². The Morgan fingerprint density at radius 3 is 2.80 bits per heavy atom. The smallest absolute Gasteiger partial charge is 0.375 e. The van der Waals surface area contributed by atoms with Crippen LogP contribution in [0.3, 0.4) is 0 Å². The first-order chi connectivity index (χ1) is 4.77. The first-order valence-corrected chi connectivity index (χ1v) is 4.27. The minimum Gasteiger partial charge on any atom is -0.375 e. The van der Waals surface area contributed by atoms with Crippen LogP contribution in [-0.4, -0.2) is 11.8 Å². The maximum absolute atomic E-state index is 10.0. The molecule has 0 aliphatic heterocycles. The van der Waals surface area contributed by atoms with E-state index in [-0.39, 0.29) is 0 Å². The van der Waals surface area contributed by atoms with Gasteiger partial charge >= 0.3 is 6.09 Å². The van der Waals surface area contributed by atoms with Crippen LogP contribution in [0.4, 0.5) is 4.79 Å². The van der Waals surface area contributed by atoms with Crippen LogP contribution in [0, 0.1) is 0 Å². The zero-order chi connectivity index (χ0) is 7.82. The molecule has 0 saturated carbocycles. The molecular weight excluding hydrogens is 150 g/mol. The largest absolute Gasteiger partial charge is 0.416 e. The molecule has 0 fully saturated rings. The zero-order valence-corrected chi connectivity index (χ0v) is 6.95. The summed E-state index contributed by atoms with van der Waals surface area (Å²) in [5.74, 6) is 0.844. The van der Waals surface area contributed by atoms with Crippen molar-refractivity contribution in [3.8, 4) is 0 Å². The number of hydrogen-bond acceptors (Lipinski definition) is 3. The molecule has 0 atom stereocenters. The van der Waals surface area contributed by atoms with Gasteiger partial charge in [0.25, 0.3) is 0 Å². The van der Waals surface area contributed by atoms with E-state index in [2.05, 4.69) is 11.1 Å². The van der Waals surface area contributed by atoms with Crippen molar-refractivity contribution in [2.75, 3.05) is 5.75 Å². The number of primary amides is 1. The summed E-state index contributed by atoms with van der Waals surface area (Å²) < 4.78 is 4.44. The normalized spacial score (nSPS) is 9.30. The highest BCUT2D eigenvalue weighted by molar-refractivity contribution is 7.95. The number of unbranched alkanes of at least 4 members (excludes halogenated alkanes) is 2. The maximum atomic E-state index is 10.0. The molecule has 10 heavy (non-hydrogen) atoms. The summed E-state index contributed by atoms with van der Waals surface area (Å²) in [4.78, 5) is 10.0. The summed E-state index contributed by atoms with van der Waals surface area (Å²) >= 11 is 1.13. The van der Waals surface area contributed by atoms with Crippen LogP contribution in [0.15, 0.2) is 0 Å². The molecule has 0 rings (SSSR count). The number of nitrogens with two attached hydrogens (primary N) is 1. The van der Waals surface area contributed by atoms with E-state index < -0.39 is 6.09 Å². The Morgan fingerprint density at radius 1 is 1.60 bits per heavy atom. The number of hydrogen-bond donors (Lipinski definition) is 1. The van der Waals surface area contributed by atoms with Crippen LogP contribution in [0.25, 0.3) is 0 Å². The van der Waals surface area contributed by atoms with Gasteiger partial charge in [0.1, 0.15) is 0 Å². The van der Waals surface area contributed by atoms with Gasteiger partial charge in [0, 0.05) is 5.75 Å². The van der Waals surface area contributed by atoms with Gasteiger partial charge in [-0.05, 0) is 6.42 Å². The summed E-state index contributed by atoms with van der Waals surface area (Å²) in [5.41, 5.74) is 4.73. The number of rotatable bonds is 5. The van der Waals surface area contributed by atoms with E-state index >= 15 is 0 Å². The maximum Gasteiger partial charge on any atom is 0.416 e. The molecular formula is C6H13NO2S. The monoisotopic (exact) mass is 163 g/mol. The van der Waals surface area contributed by atoms with Crippen molar-refractivity contribution < 1.29 is 8.98 Å². The average Bonchev–Trinajstić information content (AvgIpc) is 1.87. The lowest BCUT2D eigenvalue weighted by Crippen LogP contribution is -2.08. The summed E-state index contributed by atoms with van der Waals surface area (Å²) in [5, 5.41) is 0. The average molecular weight is 163 g/mol. The zero-order valence-electron chi connectivity index (χ0n) is 6.13. The molecule has 2 N–H and O–H groups in total. The molecule has 0 aliphatic rings. The fourth-order valence-electron chi connectivity index (χ4n) is 0.511. The molecule has 4 heteroatoms. The van der Waals surface area contributed by atoms with Crippen molar-refractivity contribution in [2.24, 2.45) is 5.73 Å². The van der Waals surface area contributed by atoms with Gasteiger partial charge in [-0.15, -0.1) is 0 Å². The molecule has 0 saturated heterocycles. The lowest BCUT2D eigenvalue weighted by molar-refractivity contribution is 0.218. The Hall–Kier alpha value is -0.380. The molecule has 60 valence electrons. The molecule has 0 unspecified atom stereocenters. The highest BCUT2D eigenvalue weighted by Crippen LogP contribution is 2.06. The van der Waals surface area contributed by atoms with Crippen molar-refractivity contribution in [3.05, 3.63) is 0 Å². The van der Waals surface area contributed by atoms with E-state index in [1.54, 1.807) is 0 Å². The Bertz CT molecular complexity index is 97.7. The minimum atomic E-state index is -0.707. The second kappa shape index (κ2) is 6.74. The van der Waals surface area contributed by atoms with Crippen molar-refractivity contribution in [2.45, 2.75) is 26.2 Å². The van der Waals surface area contributed by atoms with Gasteiger partial charge < -0.3 is 9.92 Å². The van der Waals surface area contributed by atoms with Crippen molar-refractivity contribution in [3.63, 3.8) is 0 Å². The fourth-order valence-corrected chi connectivity index (χ4v) is 1.03. The predicted molar refractivity (Wildman–Crippen MR) is 42.7 cm³/mol. The summed E-state index contributed by atoms with van der Waals surface area (Å²) in [6, 6.07) is 0. The van der Waals surface area contributed by atoms with Gasteiger partial charge in [-0.1, -0.05) is 19.8 Å². The first kappa shape index (κ1) is 9.62. The molecule has 0 heterocycles. The lowest BCUT2D eigenvalue weighted by atomic mass is 10.3. The van der Waals surface area contributed by atoms with Crippen molar-refractivity contribution in [1.29, 1.82) is 0 Å². The summed E-state index contributed by atoms with van der Waals surface area (Å²) in [6.07, 6.45) is 2.72.